The summed E-state index contributed by atoms with van der Waals surface area (Å²) < 4.78 is 5.81. The van der Waals surface area contributed by atoms with E-state index in [1.807, 2.05) is 19.1 Å². The third-order valence-corrected chi connectivity index (χ3v) is 6.37. The first-order chi connectivity index (χ1) is 14.1. The van der Waals surface area contributed by atoms with Gasteiger partial charge in [0.2, 0.25) is 6.04 Å². The summed E-state index contributed by atoms with van der Waals surface area (Å²) in [5.74, 6) is 1.39. The molecule has 5 rings (SSSR count). The molecule has 4 aromatic rings. The van der Waals surface area contributed by atoms with Gasteiger partial charge in [0.05, 0.1) is 29.4 Å². The van der Waals surface area contributed by atoms with Crippen molar-refractivity contribution in [2.24, 2.45) is 0 Å². The first-order valence-corrected chi connectivity index (χ1v) is 10.2. The Hall–Kier alpha value is -3.27. The van der Waals surface area contributed by atoms with Gasteiger partial charge < -0.3 is 10.1 Å². The lowest BCUT2D eigenvalue weighted by molar-refractivity contribution is -0.523. The lowest BCUT2D eigenvalue weighted by atomic mass is 9.93. The van der Waals surface area contributed by atoms with Crippen molar-refractivity contribution in [3.63, 3.8) is 0 Å². The normalized spacial score (nSPS) is 16.1. The lowest BCUT2D eigenvalue weighted by Crippen LogP contribution is -2.26. The minimum Gasteiger partial charge on any atom is -0.492 e. The van der Waals surface area contributed by atoms with E-state index in [4.69, 9.17) is 4.74 Å². The quantitative estimate of drug-likeness (QED) is 0.379. The molecule has 0 saturated carbocycles. The average molecular weight is 410 g/mol. The van der Waals surface area contributed by atoms with E-state index in [2.05, 4.69) is 25.5 Å². The summed E-state index contributed by atoms with van der Waals surface area (Å²) in [6.07, 6.45) is 4.92. The minimum atomic E-state index is -0.520. The van der Waals surface area contributed by atoms with Gasteiger partial charge in [-0.1, -0.05) is 0 Å². The lowest BCUT2D eigenvalue weighted by Gasteiger charge is -2.17. The highest BCUT2D eigenvalue weighted by Crippen LogP contribution is 2.40. The zero-order chi connectivity index (χ0) is 20.0. The molecule has 148 valence electrons. The van der Waals surface area contributed by atoms with Gasteiger partial charge in [-0.15, -0.1) is 11.3 Å². The molecule has 1 unspecified atom stereocenters. The second-order valence-electron chi connectivity index (χ2n) is 6.95. The molecule has 1 aliphatic carbocycles. The summed E-state index contributed by atoms with van der Waals surface area (Å²) >= 11 is 1.52. The molecular weight excluding hydrogens is 392 g/mol. The predicted octanol–water partition coefficient (Wildman–Crippen LogP) is 3.84. The largest absolute Gasteiger partial charge is 0.492 e. The van der Waals surface area contributed by atoms with Crippen LogP contribution in [-0.2, 0) is 12.8 Å². The van der Waals surface area contributed by atoms with Crippen molar-refractivity contribution in [1.82, 2.24) is 20.2 Å². The zero-order valence-electron chi connectivity index (χ0n) is 15.6. The summed E-state index contributed by atoms with van der Waals surface area (Å²) in [6.45, 7) is 2.47. The predicted molar refractivity (Wildman–Crippen MR) is 111 cm³/mol. The van der Waals surface area contributed by atoms with Gasteiger partial charge in [-0.05, 0) is 25.0 Å². The maximum atomic E-state index is 11.2. The number of nitro groups is 1. The van der Waals surface area contributed by atoms with Crippen molar-refractivity contribution in [1.29, 1.82) is 0 Å². The Labute approximate surface area is 169 Å². The van der Waals surface area contributed by atoms with E-state index >= 15 is 0 Å². The molecule has 0 saturated heterocycles. The molecule has 0 bridgehead atoms. The van der Waals surface area contributed by atoms with E-state index in [9.17, 15) is 10.1 Å². The summed E-state index contributed by atoms with van der Waals surface area (Å²) in [4.78, 5) is 21.8. The summed E-state index contributed by atoms with van der Waals surface area (Å²) in [7, 11) is 0. The third-order valence-electron chi connectivity index (χ3n) is 5.21. The number of hydrogen-bond donors (Lipinski definition) is 2. The minimum absolute atomic E-state index is 0.174. The molecule has 1 aliphatic rings. The number of hydrogen-bond acceptors (Lipinski definition) is 8. The molecule has 0 aliphatic heterocycles. The van der Waals surface area contributed by atoms with Crippen LogP contribution in [-0.4, -0.2) is 37.7 Å². The standard InChI is InChI=1S/C19H18N6O3S/c1-2-28-15-7-13-10(8-22-24-13)5-14(15)23-18-17-12-4-3-11(25(26)27)6-16(12)29-19(17)21-9-20-18/h5,7-9,11H,2-4,6H2,1H3,(H,22,24)(H,20,21,23). The van der Waals surface area contributed by atoms with Crippen LogP contribution in [0.15, 0.2) is 24.7 Å². The Kier molecular flexibility index (Phi) is 4.27. The Morgan fingerprint density at radius 1 is 1.41 bits per heavy atom. The van der Waals surface area contributed by atoms with Gasteiger partial charge in [0.15, 0.2) is 0 Å². The van der Waals surface area contributed by atoms with Crippen molar-refractivity contribution < 1.29 is 9.66 Å². The SMILES string of the molecule is CCOc1cc2[nH]ncc2cc1Nc1ncnc2sc3c(c12)CCC([N+](=O)[O-])C3. The Morgan fingerprint density at radius 3 is 3.14 bits per heavy atom. The van der Waals surface area contributed by atoms with Crippen LogP contribution in [0.2, 0.25) is 0 Å². The molecule has 2 N–H and O–H groups in total. The molecule has 3 heterocycles. The van der Waals surface area contributed by atoms with Gasteiger partial charge in [-0.3, -0.25) is 15.2 Å². The van der Waals surface area contributed by atoms with Crippen molar-refractivity contribution in [3.05, 3.63) is 45.2 Å². The Balaban J connectivity index is 1.59. The van der Waals surface area contributed by atoms with Gasteiger partial charge in [0, 0.05) is 34.1 Å². The number of thiophene rings is 1. The van der Waals surface area contributed by atoms with Crippen molar-refractivity contribution in [3.8, 4) is 5.75 Å². The van der Waals surface area contributed by atoms with Crippen LogP contribution in [0.1, 0.15) is 23.8 Å². The molecule has 0 amide bonds. The highest BCUT2D eigenvalue weighted by Gasteiger charge is 2.31. The van der Waals surface area contributed by atoms with Crippen LogP contribution in [0, 0.1) is 10.1 Å². The second kappa shape index (κ2) is 6.96. The van der Waals surface area contributed by atoms with E-state index < -0.39 is 6.04 Å². The van der Waals surface area contributed by atoms with Crippen molar-refractivity contribution >= 4 is 44.0 Å². The van der Waals surface area contributed by atoms with E-state index in [1.165, 1.54) is 17.7 Å². The van der Waals surface area contributed by atoms with Crippen LogP contribution in [0.5, 0.6) is 5.75 Å². The number of rotatable bonds is 5. The van der Waals surface area contributed by atoms with Gasteiger partial charge in [0.25, 0.3) is 0 Å². The van der Waals surface area contributed by atoms with Crippen molar-refractivity contribution in [2.45, 2.75) is 32.2 Å². The summed E-state index contributed by atoms with van der Waals surface area (Å²) in [6, 6.07) is 3.37. The van der Waals surface area contributed by atoms with Crippen LogP contribution < -0.4 is 10.1 Å². The number of nitrogens with one attached hydrogen (secondary N) is 2. The molecule has 10 heteroatoms. The van der Waals surface area contributed by atoms with E-state index in [-0.39, 0.29) is 4.92 Å². The number of nitrogens with zero attached hydrogens (tertiary/aromatic N) is 4. The zero-order valence-corrected chi connectivity index (χ0v) is 16.5. The number of aromatic amines is 1. The van der Waals surface area contributed by atoms with Gasteiger partial charge in [-0.2, -0.15) is 5.10 Å². The number of aromatic nitrogens is 4. The fourth-order valence-electron chi connectivity index (χ4n) is 3.84. The molecule has 0 fully saturated rings. The summed E-state index contributed by atoms with van der Waals surface area (Å²) in [5, 5.41) is 23.6. The number of benzene rings is 1. The van der Waals surface area contributed by atoms with E-state index in [1.54, 1.807) is 6.20 Å². The molecule has 0 radical (unpaired) electrons. The van der Waals surface area contributed by atoms with Crippen molar-refractivity contribution in [2.75, 3.05) is 11.9 Å². The molecule has 0 spiro atoms. The highest BCUT2D eigenvalue weighted by atomic mass is 32.1. The second-order valence-corrected chi connectivity index (χ2v) is 8.04. The first kappa shape index (κ1) is 17.8. The molecule has 1 atom stereocenters. The van der Waals surface area contributed by atoms with Gasteiger partial charge in [-0.25, -0.2) is 9.97 Å². The monoisotopic (exact) mass is 410 g/mol. The maximum Gasteiger partial charge on any atom is 0.218 e. The Morgan fingerprint density at radius 2 is 2.31 bits per heavy atom. The molecule has 1 aromatic carbocycles. The topological polar surface area (TPSA) is 119 Å². The van der Waals surface area contributed by atoms with Crippen LogP contribution in [0.3, 0.4) is 0 Å². The summed E-state index contributed by atoms with van der Waals surface area (Å²) in [5.41, 5.74) is 2.80. The smallest absolute Gasteiger partial charge is 0.218 e. The van der Waals surface area contributed by atoms with E-state index in [0.29, 0.717) is 37.4 Å². The fourth-order valence-corrected chi connectivity index (χ4v) is 5.10. The average Bonchev–Trinajstić information content (AvgIpc) is 3.31. The van der Waals surface area contributed by atoms with Crippen LogP contribution in [0.4, 0.5) is 11.5 Å². The van der Waals surface area contributed by atoms with Gasteiger partial charge in [0.1, 0.15) is 22.7 Å². The number of anilines is 2. The van der Waals surface area contributed by atoms with Crippen LogP contribution in [0.25, 0.3) is 21.1 Å². The van der Waals surface area contributed by atoms with Gasteiger partial charge >= 0.3 is 0 Å². The molecular formula is C19H18N6O3S. The third kappa shape index (κ3) is 3.05. The van der Waals surface area contributed by atoms with Crippen LogP contribution >= 0.6 is 11.3 Å². The fraction of sp³-hybridized carbons (Fsp3) is 0.316. The maximum absolute atomic E-state index is 11.2. The molecule has 29 heavy (non-hydrogen) atoms. The number of fused-ring (bicyclic) bond motifs is 4. The first-order valence-electron chi connectivity index (χ1n) is 9.39. The molecule has 9 nitrogen and oxygen atoms in total. The molecule has 3 aromatic heterocycles. The van der Waals surface area contributed by atoms with E-state index in [0.717, 1.165) is 37.2 Å². The number of aryl methyl sites for hydroxylation is 1. The Bertz CT molecular complexity index is 1230. The number of ether oxygens (including phenoxy) is 1. The number of H-pyrrole nitrogens is 1. The highest BCUT2D eigenvalue weighted by molar-refractivity contribution is 7.19.